The van der Waals surface area contributed by atoms with E-state index in [2.05, 4.69) is 41.6 Å². The molecule has 0 fully saturated rings. The van der Waals surface area contributed by atoms with Crippen LogP contribution in [-0.4, -0.2) is 10.0 Å². The summed E-state index contributed by atoms with van der Waals surface area (Å²) in [6.45, 7) is 3.05. The molecule has 1 aromatic carbocycles. The van der Waals surface area contributed by atoms with Crippen LogP contribution >= 0.6 is 22.6 Å². The first-order valence-electron chi connectivity index (χ1n) is 4.07. The summed E-state index contributed by atoms with van der Waals surface area (Å²) in [4.78, 5) is 0. The highest BCUT2D eigenvalue weighted by Gasteiger charge is 2.27. The van der Waals surface area contributed by atoms with Gasteiger partial charge in [0.2, 0.25) is 0 Å². The van der Waals surface area contributed by atoms with Gasteiger partial charge >= 0.3 is 0 Å². The third kappa shape index (κ3) is 1.58. The zero-order valence-corrected chi connectivity index (χ0v) is 9.17. The molecule has 12 heavy (non-hydrogen) atoms. The second-order valence-corrected chi connectivity index (χ2v) is 6.09. The molecule has 0 saturated carbocycles. The van der Waals surface area contributed by atoms with E-state index >= 15 is 0 Å². The fourth-order valence-electron chi connectivity index (χ4n) is 1.47. The van der Waals surface area contributed by atoms with Crippen LogP contribution in [0.15, 0.2) is 24.3 Å². The van der Waals surface area contributed by atoms with Crippen molar-refractivity contribution in [2.45, 2.75) is 16.8 Å². The fraction of sp³-hybridized carbons (Fsp3) is 0.400. The first-order chi connectivity index (χ1) is 5.67. The van der Waals surface area contributed by atoms with E-state index in [1.165, 1.54) is 5.56 Å². The van der Waals surface area contributed by atoms with Crippen molar-refractivity contribution in [3.63, 3.8) is 0 Å². The number of alkyl halides is 1. The highest BCUT2D eigenvalue weighted by atomic mass is 127. The van der Waals surface area contributed by atoms with Gasteiger partial charge in [0.1, 0.15) is 12.4 Å². The van der Waals surface area contributed by atoms with Gasteiger partial charge in [-0.15, -0.1) is 0 Å². The molecule has 0 aromatic heterocycles. The minimum absolute atomic E-state index is 0.270. The van der Waals surface area contributed by atoms with E-state index in [0.717, 1.165) is 18.8 Å². The molecule has 1 aliphatic heterocycles. The number of hydrogen-bond acceptors (Lipinski definition) is 1. The van der Waals surface area contributed by atoms with Gasteiger partial charge in [0.05, 0.1) is 3.42 Å². The van der Waals surface area contributed by atoms with Crippen molar-refractivity contribution >= 4 is 22.6 Å². The molecular formula is C10H11IO. The molecule has 64 valence electrons. The average molecular weight is 274 g/mol. The molecule has 0 bridgehead atoms. The second kappa shape index (κ2) is 2.91. The molecule has 0 N–H and O–H groups in total. The van der Waals surface area contributed by atoms with E-state index in [9.17, 15) is 0 Å². The van der Waals surface area contributed by atoms with Gasteiger partial charge in [-0.25, -0.2) is 0 Å². The van der Waals surface area contributed by atoms with Gasteiger partial charge in [0.15, 0.2) is 0 Å². The molecule has 0 amide bonds. The van der Waals surface area contributed by atoms with Crippen molar-refractivity contribution in [1.82, 2.24) is 0 Å². The number of fused-ring (bicyclic) bond motifs is 1. The van der Waals surface area contributed by atoms with Crippen molar-refractivity contribution in [2.24, 2.45) is 0 Å². The van der Waals surface area contributed by atoms with Crippen LogP contribution in [0.2, 0.25) is 0 Å². The molecule has 2 rings (SSSR count). The van der Waals surface area contributed by atoms with Gasteiger partial charge < -0.3 is 4.74 Å². The van der Waals surface area contributed by atoms with Crippen LogP contribution in [0.25, 0.3) is 0 Å². The van der Waals surface area contributed by atoms with Crippen LogP contribution < -0.4 is 4.74 Å². The Labute approximate surface area is 86.3 Å². The smallest absolute Gasteiger partial charge is 0.122 e. The Morgan fingerprint density at radius 2 is 2.17 bits per heavy atom. The summed E-state index contributed by atoms with van der Waals surface area (Å²) < 4.78 is 5.90. The van der Waals surface area contributed by atoms with Gasteiger partial charge in [0, 0.05) is 0 Å². The number of para-hydroxylation sites is 1. The van der Waals surface area contributed by atoms with Crippen LogP contribution in [0.4, 0.5) is 0 Å². The van der Waals surface area contributed by atoms with Crippen molar-refractivity contribution in [2.75, 3.05) is 6.61 Å². The monoisotopic (exact) mass is 274 g/mol. The van der Waals surface area contributed by atoms with E-state index < -0.39 is 0 Å². The Morgan fingerprint density at radius 3 is 3.00 bits per heavy atom. The third-order valence-corrected chi connectivity index (χ3v) is 2.75. The standard InChI is InChI=1S/C10H11IO/c1-10(11)6-8-4-2-3-5-9(8)12-7-10/h2-5H,6-7H2,1H3. The minimum atomic E-state index is 0.270. The lowest BCUT2D eigenvalue weighted by atomic mass is 9.99. The number of rotatable bonds is 0. The molecule has 0 spiro atoms. The van der Waals surface area contributed by atoms with Crippen LogP contribution in [0, 0.1) is 0 Å². The zero-order chi connectivity index (χ0) is 8.60. The number of halogens is 1. The Balaban J connectivity index is 2.35. The highest BCUT2D eigenvalue weighted by molar-refractivity contribution is 14.1. The lowest BCUT2D eigenvalue weighted by Crippen LogP contribution is -2.32. The van der Waals surface area contributed by atoms with E-state index in [1.54, 1.807) is 0 Å². The van der Waals surface area contributed by atoms with Crippen molar-refractivity contribution in [1.29, 1.82) is 0 Å². The van der Waals surface area contributed by atoms with Gasteiger partial charge in [-0.3, -0.25) is 0 Å². The fourth-order valence-corrected chi connectivity index (χ4v) is 2.03. The summed E-state index contributed by atoms with van der Waals surface area (Å²) in [5, 5.41) is 0. The van der Waals surface area contributed by atoms with Gasteiger partial charge in [-0.2, -0.15) is 0 Å². The first-order valence-corrected chi connectivity index (χ1v) is 5.15. The number of benzene rings is 1. The summed E-state index contributed by atoms with van der Waals surface area (Å²) in [5.74, 6) is 1.06. The van der Waals surface area contributed by atoms with Crippen molar-refractivity contribution in [3.8, 4) is 5.75 Å². The maximum absolute atomic E-state index is 5.63. The maximum atomic E-state index is 5.63. The second-order valence-electron chi connectivity index (χ2n) is 3.49. The molecule has 1 heterocycles. The number of hydrogen-bond donors (Lipinski definition) is 0. The highest BCUT2D eigenvalue weighted by Crippen LogP contribution is 2.33. The molecular weight excluding hydrogens is 263 g/mol. The Morgan fingerprint density at radius 1 is 1.42 bits per heavy atom. The normalized spacial score (nSPS) is 27.5. The molecule has 1 nitrogen and oxygen atoms in total. The first kappa shape index (κ1) is 8.35. The largest absolute Gasteiger partial charge is 0.492 e. The Kier molecular flexibility index (Phi) is 2.02. The van der Waals surface area contributed by atoms with Crippen molar-refractivity contribution < 1.29 is 4.74 Å². The van der Waals surface area contributed by atoms with Crippen LogP contribution in [0.3, 0.4) is 0 Å². The minimum Gasteiger partial charge on any atom is -0.492 e. The van der Waals surface area contributed by atoms with Crippen molar-refractivity contribution in [3.05, 3.63) is 29.8 Å². The third-order valence-electron chi connectivity index (χ3n) is 2.06. The summed E-state index contributed by atoms with van der Waals surface area (Å²) in [7, 11) is 0. The summed E-state index contributed by atoms with van der Waals surface area (Å²) in [6.07, 6.45) is 1.11. The van der Waals surface area contributed by atoms with E-state index in [-0.39, 0.29) is 3.42 Å². The predicted octanol–water partition coefficient (Wildman–Crippen LogP) is 2.82. The molecule has 1 atom stereocenters. The van der Waals surface area contributed by atoms with E-state index in [0.29, 0.717) is 0 Å². The van der Waals surface area contributed by atoms with Gasteiger partial charge in [-0.05, 0) is 25.0 Å². The molecule has 0 saturated heterocycles. The van der Waals surface area contributed by atoms with Crippen LogP contribution in [-0.2, 0) is 6.42 Å². The van der Waals surface area contributed by atoms with Crippen LogP contribution in [0.5, 0.6) is 5.75 Å². The lowest BCUT2D eigenvalue weighted by Gasteiger charge is -2.29. The summed E-state index contributed by atoms with van der Waals surface area (Å²) in [5.41, 5.74) is 1.33. The molecule has 2 heteroatoms. The van der Waals surface area contributed by atoms with Gasteiger partial charge in [0.25, 0.3) is 0 Å². The topological polar surface area (TPSA) is 9.23 Å². The maximum Gasteiger partial charge on any atom is 0.122 e. The quantitative estimate of drug-likeness (QED) is 0.522. The van der Waals surface area contributed by atoms with E-state index in [4.69, 9.17) is 4.74 Å². The predicted molar refractivity (Wildman–Crippen MR) is 58.1 cm³/mol. The van der Waals surface area contributed by atoms with Gasteiger partial charge in [-0.1, -0.05) is 40.8 Å². The summed E-state index contributed by atoms with van der Waals surface area (Å²) in [6, 6.07) is 8.28. The number of ether oxygens (including phenoxy) is 1. The van der Waals surface area contributed by atoms with E-state index in [1.807, 2.05) is 12.1 Å². The Hall–Kier alpha value is -0.250. The Bertz CT molecular complexity index is 294. The molecule has 1 aromatic rings. The molecule has 0 aliphatic carbocycles. The van der Waals surface area contributed by atoms with Crippen LogP contribution in [0.1, 0.15) is 12.5 Å². The zero-order valence-electron chi connectivity index (χ0n) is 7.01. The molecule has 0 radical (unpaired) electrons. The SMILES string of the molecule is CC1(I)COc2ccccc2C1. The average Bonchev–Trinajstić information content (AvgIpc) is 2.02. The lowest BCUT2D eigenvalue weighted by molar-refractivity contribution is 0.261. The summed E-state index contributed by atoms with van der Waals surface area (Å²) >= 11 is 2.46. The molecule has 1 unspecified atom stereocenters. The molecule has 1 aliphatic rings.